The average Bonchev–Trinajstić information content (AvgIpc) is 2.88. The fourth-order valence-corrected chi connectivity index (χ4v) is 4.26. The molecular weight excluding hydrogens is 388 g/mol. The molecule has 0 aromatic heterocycles. The second kappa shape index (κ2) is 9.40. The van der Waals surface area contributed by atoms with Crippen molar-refractivity contribution >= 4 is 22.7 Å². The Morgan fingerprint density at radius 3 is 0.812 bits per heavy atom. The molecule has 156 valence electrons. The number of allylic oxidation sites excluding steroid dienone is 4. The van der Waals surface area contributed by atoms with Crippen LogP contribution < -0.4 is 9.80 Å². The van der Waals surface area contributed by atoms with Gasteiger partial charge in [-0.05, 0) is 73.5 Å². The van der Waals surface area contributed by atoms with Crippen molar-refractivity contribution < 1.29 is 0 Å². The van der Waals surface area contributed by atoms with Gasteiger partial charge in [-0.3, -0.25) is 0 Å². The molecule has 32 heavy (non-hydrogen) atoms. The van der Waals surface area contributed by atoms with Crippen molar-refractivity contribution in [2.75, 3.05) is 9.80 Å². The number of hydrogen-bond acceptors (Lipinski definition) is 2. The Bertz CT molecular complexity index is 1020. The number of anilines is 4. The van der Waals surface area contributed by atoms with Crippen LogP contribution in [0.1, 0.15) is 12.8 Å². The smallest absolute Gasteiger partial charge is 0.0458 e. The topological polar surface area (TPSA) is 6.48 Å². The Morgan fingerprint density at radius 1 is 0.344 bits per heavy atom. The van der Waals surface area contributed by atoms with Crippen LogP contribution in [0.5, 0.6) is 0 Å². The van der Waals surface area contributed by atoms with Crippen LogP contribution in [-0.2, 0) is 0 Å². The van der Waals surface area contributed by atoms with Gasteiger partial charge >= 0.3 is 0 Å². The van der Waals surface area contributed by atoms with Gasteiger partial charge in [0.1, 0.15) is 0 Å². The highest BCUT2D eigenvalue weighted by molar-refractivity contribution is 5.71. The fourth-order valence-electron chi connectivity index (χ4n) is 4.26. The monoisotopic (exact) mass is 414 g/mol. The summed E-state index contributed by atoms with van der Waals surface area (Å²) in [5, 5.41) is 0. The number of benzene rings is 4. The Labute approximate surface area is 190 Å². The van der Waals surface area contributed by atoms with Crippen molar-refractivity contribution in [3.8, 4) is 0 Å². The van der Waals surface area contributed by atoms with Gasteiger partial charge in [0, 0.05) is 34.1 Å². The zero-order chi connectivity index (χ0) is 21.6. The summed E-state index contributed by atoms with van der Waals surface area (Å²) in [6.45, 7) is 0. The maximum atomic E-state index is 2.36. The van der Waals surface area contributed by atoms with E-state index >= 15 is 0 Å². The van der Waals surface area contributed by atoms with Gasteiger partial charge in [-0.15, -0.1) is 0 Å². The minimum Gasteiger partial charge on any atom is -0.314 e. The lowest BCUT2D eigenvalue weighted by atomic mass is 10.0. The number of rotatable bonds is 6. The second-order valence-electron chi connectivity index (χ2n) is 7.83. The summed E-state index contributed by atoms with van der Waals surface area (Å²) < 4.78 is 0. The predicted molar refractivity (Wildman–Crippen MR) is 135 cm³/mol. The lowest BCUT2D eigenvalue weighted by molar-refractivity contribution is 0.851. The molecule has 0 fully saturated rings. The van der Waals surface area contributed by atoms with Gasteiger partial charge in [-0.25, -0.2) is 0 Å². The summed E-state index contributed by atoms with van der Waals surface area (Å²) in [5.41, 5.74) is 7.34. The molecule has 0 unspecified atom stereocenters. The summed E-state index contributed by atoms with van der Waals surface area (Å²) in [4.78, 5) is 4.73. The molecule has 0 aliphatic heterocycles. The molecule has 1 aliphatic carbocycles. The Hall–Kier alpha value is -4.04. The lowest BCUT2D eigenvalue weighted by Crippen LogP contribution is -2.22. The van der Waals surface area contributed by atoms with Crippen molar-refractivity contribution in [1.29, 1.82) is 0 Å². The third kappa shape index (κ3) is 4.21. The van der Waals surface area contributed by atoms with Crippen LogP contribution in [0.4, 0.5) is 22.7 Å². The molecule has 0 amide bonds. The van der Waals surface area contributed by atoms with E-state index in [2.05, 4.69) is 143 Å². The van der Waals surface area contributed by atoms with Crippen molar-refractivity contribution in [3.63, 3.8) is 0 Å². The van der Waals surface area contributed by atoms with Crippen molar-refractivity contribution in [1.82, 2.24) is 0 Å². The summed E-state index contributed by atoms with van der Waals surface area (Å²) in [5.74, 6) is 0. The van der Waals surface area contributed by atoms with E-state index in [4.69, 9.17) is 0 Å². The maximum absolute atomic E-state index is 2.36. The normalized spacial score (nSPS) is 13.1. The van der Waals surface area contributed by atoms with Crippen LogP contribution in [0.2, 0.25) is 0 Å². The van der Waals surface area contributed by atoms with Gasteiger partial charge in [0.05, 0.1) is 0 Å². The molecule has 5 rings (SSSR count). The summed E-state index contributed by atoms with van der Waals surface area (Å²) in [7, 11) is 0. The first-order chi connectivity index (χ1) is 15.9. The first kappa shape index (κ1) is 19.9. The molecule has 0 atom stereocenters. The first-order valence-electron chi connectivity index (χ1n) is 11.1. The predicted octanol–water partition coefficient (Wildman–Crippen LogP) is 8.22. The van der Waals surface area contributed by atoms with Gasteiger partial charge in [-0.2, -0.15) is 0 Å². The third-order valence-corrected chi connectivity index (χ3v) is 5.74. The molecule has 0 N–H and O–H groups in total. The van der Waals surface area contributed by atoms with Gasteiger partial charge in [-0.1, -0.05) is 72.8 Å². The van der Waals surface area contributed by atoms with Crippen LogP contribution in [-0.4, -0.2) is 0 Å². The second-order valence-corrected chi connectivity index (χ2v) is 7.83. The number of para-hydroxylation sites is 4. The first-order valence-corrected chi connectivity index (χ1v) is 11.1. The van der Waals surface area contributed by atoms with Gasteiger partial charge in [0.2, 0.25) is 0 Å². The van der Waals surface area contributed by atoms with E-state index in [1.54, 1.807) is 0 Å². The van der Waals surface area contributed by atoms with Crippen LogP contribution in [0.3, 0.4) is 0 Å². The van der Waals surface area contributed by atoms with Crippen LogP contribution in [0.15, 0.2) is 145 Å². The van der Waals surface area contributed by atoms with Crippen LogP contribution in [0, 0.1) is 0 Å². The molecular formula is C30H26N2. The molecule has 1 aliphatic rings. The van der Waals surface area contributed by atoms with Crippen LogP contribution >= 0.6 is 0 Å². The third-order valence-electron chi connectivity index (χ3n) is 5.74. The van der Waals surface area contributed by atoms with E-state index in [1.165, 1.54) is 34.1 Å². The summed E-state index contributed by atoms with van der Waals surface area (Å²) >= 11 is 0. The lowest BCUT2D eigenvalue weighted by Gasteiger charge is -2.33. The summed E-state index contributed by atoms with van der Waals surface area (Å²) in [6, 6.07) is 42.5. The molecule has 0 spiro atoms. The van der Waals surface area contributed by atoms with E-state index in [0.29, 0.717) is 0 Å². The molecule has 4 aromatic carbocycles. The zero-order valence-electron chi connectivity index (χ0n) is 18.0. The maximum Gasteiger partial charge on any atom is 0.0458 e. The Kier molecular flexibility index (Phi) is 5.85. The van der Waals surface area contributed by atoms with Crippen molar-refractivity contribution in [3.05, 3.63) is 145 Å². The zero-order valence-corrected chi connectivity index (χ0v) is 18.0. The molecule has 0 radical (unpaired) electrons. The molecule has 0 bridgehead atoms. The van der Waals surface area contributed by atoms with E-state index in [-0.39, 0.29) is 0 Å². The van der Waals surface area contributed by atoms with E-state index in [0.717, 1.165) is 12.8 Å². The van der Waals surface area contributed by atoms with Crippen LogP contribution in [0.25, 0.3) is 0 Å². The molecule has 0 heterocycles. The number of nitrogens with zero attached hydrogens (tertiary/aromatic N) is 2. The molecule has 2 nitrogen and oxygen atoms in total. The average molecular weight is 415 g/mol. The minimum atomic E-state index is 0.964. The van der Waals surface area contributed by atoms with Gasteiger partial charge < -0.3 is 9.80 Å². The van der Waals surface area contributed by atoms with Crippen molar-refractivity contribution in [2.45, 2.75) is 12.8 Å². The highest BCUT2D eigenvalue weighted by Crippen LogP contribution is 2.37. The fraction of sp³-hybridized carbons (Fsp3) is 0.0667. The van der Waals surface area contributed by atoms with E-state index in [1.807, 2.05) is 0 Å². The molecule has 0 saturated heterocycles. The Balaban J connectivity index is 1.54. The molecule has 0 saturated carbocycles. The SMILES string of the molecule is C1=C(N(c2ccccc2)c2ccccc2)CCC(N(c2ccccc2)c2ccccc2)=C1. The summed E-state index contributed by atoms with van der Waals surface area (Å²) in [6.07, 6.45) is 6.48. The molecule has 4 aromatic rings. The van der Waals surface area contributed by atoms with Gasteiger partial charge in [0.15, 0.2) is 0 Å². The molecule has 2 heteroatoms. The van der Waals surface area contributed by atoms with E-state index in [9.17, 15) is 0 Å². The van der Waals surface area contributed by atoms with Gasteiger partial charge in [0.25, 0.3) is 0 Å². The largest absolute Gasteiger partial charge is 0.314 e. The Morgan fingerprint density at radius 2 is 0.594 bits per heavy atom. The quantitative estimate of drug-likeness (QED) is 0.313. The standard InChI is InChI=1S/C30H26N2/c1-5-13-25(14-6-1)31(26-15-7-2-8-16-26)29-21-23-30(24-22-29)32(27-17-9-3-10-18-27)28-19-11-4-12-20-28/h1-21,23H,22,24H2. The minimum absolute atomic E-state index is 0.964. The van der Waals surface area contributed by atoms with Crippen molar-refractivity contribution in [2.24, 2.45) is 0 Å². The highest BCUT2D eigenvalue weighted by atomic mass is 15.2. The number of hydrogen-bond donors (Lipinski definition) is 0. The highest BCUT2D eigenvalue weighted by Gasteiger charge is 2.21. The van der Waals surface area contributed by atoms with E-state index < -0.39 is 0 Å².